The summed E-state index contributed by atoms with van der Waals surface area (Å²) in [5.41, 5.74) is 8.36. The lowest BCUT2D eigenvalue weighted by Gasteiger charge is -2.22. The average Bonchev–Trinajstić information content (AvgIpc) is 2.38. The van der Waals surface area contributed by atoms with Crippen molar-refractivity contribution in [1.29, 1.82) is 0 Å². The second-order valence-electron chi connectivity index (χ2n) is 4.28. The smallest absolute Gasteiger partial charge is 0.142 e. The van der Waals surface area contributed by atoms with Crippen molar-refractivity contribution in [2.75, 3.05) is 24.8 Å². The van der Waals surface area contributed by atoms with E-state index in [-0.39, 0.29) is 0 Å². The number of hydrogen-bond acceptors (Lipinski definition) is 4. The highest BCUT2D eigenvalue weighted by Crippen LogP contribution is 2.35. The number of halogens is 1. The maximum Gasteiger partial charge on any atom is 0.142 e. The predicted molar refractivity (Wildman–Crippen MR) is 82.1 cm³/mol. The molecule has 0 fully saturated rings. The molecule has 1 aromatic heterocycles. The molecule has 2 aromatic rings. The first-order valence-electron chi connectivity index (χ1n) is 5.82. The maximum absolute atomic E-state index is 5.73. The van der Waals surface area contributed by atoms with Gasteiger partial charge in [-0.15, -0.1) is 0 Å². The van der Waals surface area contributed by atoms with Gasteiger partial charge in [0.25, 0.3) is 0 Å². The Morgan fingerprint density at radius 3 is 2.68 bits per heavy atom. The minimum Gasteiger partial charge on any atom is -0.495 e. The Hall–Kier alpha value is -1.75. The van der Waals surface area contributed by atoms with Gasteiger partial charge in [-0.05, 0) is 36.8 Å². The molecule has 0 amide bonds. The number of hydrogen-bond donors (Lipinski definition) is 1. The third-order valence-corrected chi connectivity index (χ3v) is 3.38. The van der Waals surface area contributed by atoms with Crippen LogP contribution in [0.15, 0.2) is 34.9 Å². The van der Waals surface area contributed by atoms with Crippen LogP contribution in [0.5, 0.6) is 5.75 Å². The fourth-order valence-electron chi connectivity index (χ4n) is 1.98. The number of rotatable bonds is 3. The monoisotopic (exact) mass is 321 g/mol. The lowest BCUT2D eigenvalue weighted by molar-refractivity contribution is 0.415. The molecule has 1 heterocycles. The number of nitrogens with two attached hydrogens (primary N) is 1. The second-order valence-corrected chi connectivity index (χ2v) is 5.20. The summed E-state index contributed by atoms with van der Waals surface area (Å²) in [6.07, 6.45) is 1.66. The summed E-state index contributed by atoms with van der Waals surface area (Å²) in [6, 6.07) is 7.77. The van der Waals surface area contributed by atoms with Crippen molar-refractivity contribution in [3.8, 4) is 5.75 Å². The SMILES string of the molecule is COc1ccc(Br)cc1N(C)c1ncc(N)cc1C. The van der Waals surface area contributed by atoms with Crippen LogP contribution in [0.4, 0.5) is 17.2 Å². The third kappa shape index (κ3) is 2.81. The molecule has 5 heteroatoms. The highest BCUT2D eigenvalue weighted by molar-refractivity contribution is 9.10. The Morgan fingerprint density at radius 1 is 1.32 bits per heavy atom. The van der Waals surface area contributed by atoms with Gasteiger partial charge < -0.3 is 15.4 Å². The van der Waals surface area contributed by atoms with Gasteiger partial charge in [0, 0.05) is 11.5 Å². The van der Waals surface area contributed by atoms with Crippen molar-refractivity contribution in [2.45, 2.75) is 6.92 Å². The second kappa shape index (κ2) is 5.48. The molecule has 0 saturated carbocycles. The van der Waals surface area contributed by atoms with E-state index in [2.05, 4.69) is 20.9 Å². The fraction of sp³-hybridized carbons (Fsp3) is 0.214. The van der Waals surface area contributed by atoms with Gasteiger partial charge >= 0.3 is 0 Å². The van der Waals surface area contributed by atoms with Crippen molar-refractivity contribution in [3.05, 3.63) is 40.5 Å². The molecular weight excluding hydrogens is 306 g/mol. The zero-order chi connectivity index (χ0) is 14.0. The van der Waals surface area contributed by atoms with Crippen LogP contribution in [0.25, 0.3) is 0 Å². The minimum atomic E-state index is 0.663. The molecule has 0 atom stereocenters. The molecular formula is C14H16BrN3O. The minimum absolute atomic E-state index is 0.663. The number of anilines is 3. The molecule has 0 spiro atoms. The van der Waals surface area contributed by atoms with Crippen LogP contribution < -0.4 is 15.4 Å². The summed E-state index contributed by atoms with van der Waals surface area (Å²) in [4.78, 5) is 6.37. The van der Waals surface area contributed by atoms with E-state index >= 15 is 0 Å². The van der Waals surface area contributed by atoms with Crippen LogP contribution in [-0.4, -0.2) is 19.1 Å². The van der Waals surface area contributed by atoms with Crippen LogP contribution in [-0.2, 0) is 0 Å². The van der Waals surface area contributed by atoms with Gasteiger partial charge in [-0.3, -0.25) is 0 Å². The zero-order valence-corrected chi connectivity index (χ0v) is 12.7. The van der Waals surface area contributed by atoms with E-state index in [1.807, 2.05) is 43.1 Å². The number of nitrogen functional groups attached to an aromatic ring is 1. The maximum atomic E-state index is 5.73. The Balaban J connectivity index is 2.49. The number of methoxy groups -OCH3 is 1. The van der Waals surface area contributed by atoms with Crippen LogP contribution >= 0.6 is 15.9 Å². The van der Waals surface area contributed by atoms with E-state index in [4.69, 9.17) is 10.5 Å². The highest BCUT2D eigenvalue weighted by Gasteiger charge is 2.13. The summed E-state index contributed by atoms with van der Waals surface area (Å²) >= 11 is 3.47. The largest absolute Gasteiger partial charge is 0.495 e. The Kier molecular flexibility index (Phi) is 3.95. The number of aromatic nitrogens is 1. The molecule has 1 aromatic carbocycles. The standard InChI is InChI=1S/C14H16BrN3O/c1-9-6-11(16)8-17-14(9)18(2)12-7-10(15)4-5-13(12)19-3/h4-8H,16H2,1-3H3. The highest BCUT2D eigenvalue weighted by atomic mass is 79.9. The van der Waals surface area contributed by atoms with Gasteiger partial charge in [0.2, 0.25) is 0 Å². The van der Waals surface area contributed by atoms with E-state index in [0.29, 0.717) is 5.69 Å². The number of nitrogens with zero attached hydrogens (tertiary/aromatic N) is 2. The van der Waals surface area contributed by atoms with Crippen molar-refractivity contribution in [3.63, 3.8) is 0 Å². The van der Waals surface area contributed by atoms with E-state index < -0.39 is 0 Å². The molecule has 2 N–H and O–H groups in total. The Labute approximate surface area is 121 Å². The van der Waals surface area contributed by atoms with Crippen LogP contribution in [0.2, 0.25) is 0 Å². The van der Waals surface area contributed by atoms with E-state index in [9.17, 15) is 0 Å². The van der Waals surface area contributed by atoms with Crippen LogP contribution in [0.3, 0.4) is 0 Å². The average molecular weight is 322 g/mol. The fourth-order valence-corrected chi connectivity index (χ4v) is 2.33. The first-order chi connectivity index (χ1) is 9.02. The quantitative estimate of drug-likeness (QED) is 0.939. The van der Waals surface area contributed by atoms with E-state index in [1.165, 1.54) is 0 Å². The third-order valence-electron chi connectivity index (χ3n) is 2.89. The Morgan fingerprint density at radius 2 is 2.05 bits per heavy atom. The molecule has 0 aliphatic carbocycles. The molecule has 2 rings (SSSR count). The van der Waals surface area contributed by atoms with Gasteiger partial charge in [-0.1, -0.05) is 15.9 Å². The molecule has 0 unspecified atom stereocenters. The molecule has 0 radical (unpaired) electrons. The molecule has 0 aliphatic heterocycles. The number of pyridine rings is 1. The molecule has 0 saturated heterocycles. The predicted octanol–water partition coefficient (Wildman–Crippen LogP) is 3.51. The van der Waals surface area contributed by atoms with Crippen molar-refractivity contribution in [1.82, 2.24) is 4.98 Å². The lowest BCUT2D eigenvalue weighted by atomic mass is 10.2. The molecule has 4 nitrogen and oxygen atoms in total. The molecule has 0 bridgehead atoms. The lowest BCUT2D eigenvalue weighted by Crippen LogP contribution is -2.14. The Bertz CT molecular complexity index is 601. The van der Waals surface area contributed by atoms with Crippen molar-refractivity contribution in [2.24, 2.45) is 0 Å². The van der Waals surface area contributed by atoms with Crippen LogP contribution in [0, 0.1) is 6.92 Å². The van der Waals surface area contributed by atoms with E-state index in [1.54, 1.807) is 13.3 Å². The molecule has 19 heavy (non-hydrogen) atoms. The normalized spacial score (nSPS) is 10.3. The summed E-state index contributed by atoms with van der Waals surface area (Å²) in [5, 5.41) is 0. The van der Waals surface area contributed by atoms with Crippen LogP contribution in [0.1, 0.15) is 5.56 Å². The van der Waals surface area contributed by atoms with Gasteiger partial charge in [-0.25, -0.2) is 4.98 Å². The summed E-state index contributed by atoms with van der Waals surface area (Å²) in [7, 11) is 3.61. The van der Waals surface area contributed by atoms with Gasteiger partial charge in [0.05, 0.1) is 24.7 Å². The van der Waals surface area contributed by atoms with Gasteiger partial charge in [-0.2, -0.15) is 0 Å². The number of aryl methyl sites for hydroxylation is 1. The van der Waals surface area contributed by atoms with Crippen molar-refractivity contribution >= 4 is 33.1 Å². The molecule has 0 aliphatic rings. The zero-order valence-electron chi connectivity index (χ0n) is 11.1. The topological polar surface area (TPSA) is 51.4 Å². The summed E-state index contributed by atoms with van der Waals surface area (Å²) in [5.74, 6) is 1.65. The summed E-state index contributed by atoms with van der Waals surface area (Å²) in [6.45, 7) is 1.99. The first kappa shape index (κ1) is 13.7. The molecule has 100 valence electrons. The van der Waals surface area contributed by atoms with E-state index in [0.717, 1.165) is 27.3 Å². The van der Waals surface area contributed by atoms with Gasteiger partial charge in [0.1, 0.15) is 11.6 Å². The first-order valence-corrected chi connectivity index (χ1v) is 6.61. The van der Waals surface area contributed by atoms with Gasteiger partial charge in [0.15, 0.2) is 0 Å². The van der Waals surface area contributed by atoms with Crippen molar-refractivity contribution < 1.29 is 4.74 Å². The summed E-state index contributed by atoms with van der Waals surface area (Å²) < 4.78 is 6.38. The number of ether oxygens (including phenoxy) is 1. The number of benzene rings is 1.